The van der Waals surface area contributed by atoms with Gasteiger partial charge in [-0.05, 0) is 27.2 Å². The van der Waals surface area contributed by atoms with Gasteiger partial charge in [-0.15, -0.1) is 6.42 Å². The number of carboxylic acid groups (broad SMARTS) is 1. The number of amides is 1. The predicted octanol–water partition coefficient (Wildman–Crippen LogP) is 2.18. The maximum atomic E-state index is 10.9. The maximum Gasteiger partial charge on any atom is 0.408 e. The van der Waals surface area contributed by atoms with Gasteiger partial charge in [0.15, 0.2) is 0 Å². The van der Waals surface area contributed by atoms with Gasteiger partial charge in [-0.3, -0.25) is 4.90 Å². The molecule has 0 aromatic rings. The van der Waals surface area contributed by atoms with E-state index in [2.05, 4.69) is 5.92 Å². The van der Waals surface area contributed by atoms with Crippen molar-refractivity contribution in [2.24, 2.45) is 0 Å². The van der Waals surface area contributed by atoms with Crippen LogP contribution in [0.5, 0.6) is 0 Å². The fourth-order valence-electron chi connectivity index (χ4n) is 1.34. The first-order valence-corrected chi connectivity index (χ1v) is 4.39. The van der Waals surface area contributed by atoms with Crippen LogP contribution in [0.15, 0.2) is 0 Å². The Bertz CT molecular complexity index is 230. The molecule has 0 aromatic heterocycles. The maximum absolute atomic E-state index is 10.9. The zero-order valence-electron chi connectivity index (χ0n) is 8.66. The van der Waals surface area contributed by atoms with E-state index in [9.17, 15) is 4.79 Å². The van der Waals surface area contributed by atoms with E-state index in [1.165, 1.54) is 4.90 Å². The van der Waals surface area contributed by atoms with Gasteiger partial charge in [0.2, 0.25) is 0 Å². The van der Waals surface area contributed by atoms with E-state index in [0.717, 1.165) is 0 Å². The highest BCUT2D eigenvalue weighted by Crippen LogP contribution is 2.21. The lowest BCUT2D eigenvalue weighted by atomic mass is 9.96. The van der Waals surface area contributed by atoms with Gasteiger partial charge in [0.25, 0.3) is 0 Å². The van der Waals surface area contributed by atoms with Crippen molar-refractivity contribution < 1.29 is 9.90 Å². The summed E-state index contributed by atoms with van der Waals surface area (Å²) in [5.41, 5.74) is -0.694. The molecule has 0 saturated carbocycles. The van der Waals surface area contributed by atoms with Crippen LogP contribution in [0.3, 0.4) is 0 Å². The summed E-state index contributed by atoms with van der Waals surface area (Å²) in [7, 11) is 0. The van der Waals surface area contributed by atoms with E-state index >= 15 is 0 Å². The number of hydrogen-bond donors (Lipinski definition) is 1. The molecule has 0 heterocycles. The zero-order valence-corrected chi connectivity index (χ0v) is 8.66. The quantitative estimate of drug-likeness (QED) is 0.681. The van der Waals surface area contributed by atoms with E-state index in [0.29, 0.717) is 6.42 Å². The van der Waals surface area contributed by atoms with Crippen LogP contribution in [0.25, 0.3) is 0 Å². The largest absolute Gasteiger partial charge is 0.465 e. The number of carbonyl (C=O) groups is 1. The fourth-order valence-corrected chi connectivity index (χ4v) is 1.34. The minimum absolute atomic E-state index is 0.0986. The molecule has 0 aliphatic rings. The molecule has 0 saturated heterocycles. The lowest BCUT2D eigenvalue weighted by molar-refractivity contribution is 0.0872. The van der Waals surface area contributed by atoms with Gasteiger partial charge in [0.05, 0.1) is 0 Å². The third-order valence-electron chi connectivity index (χ3n) is 2.25. The van der Waals surface area contributed by atoms with Gasteiger partial charge in [0, 0.05) is 6.04 Å². The molecule has 0 rings (SSSR count). The van der Waals surface area contributed by atoms with E-state index in [-0.39, 0.29) is 6.04 Å². The molecule has 1 atom stereocenters. The second-order valence-electron chi connectivity index (χ2n) is 3.52. The van der Waals surface area contributed by atoms with Crippen molar-refractivity contribution in [2.75, 3.05) is 0 Å². The van der Waals surface area contributed by atoms with Crippen molar-refractivity contribution in [3.8, 4) is 12.3 Å². The van der Waals surface area contributed by atoms with Crippen LogP contribution in [-0.2, 0) is 0 Å². The highest BCUT2D eigenvalue weighted by atomic mass is 16.4. The summed E-state index contributed by atoms with van der Waals surface area (Å²) in [6.45, 7) is 7.29. The van der Waals surface area contributed by atoms with Gasteiger partial charge in [0.1, 0.15) is 5.54 Å². The molecule has 1 N–H and O–H groups in total. The highest BCUT2D eigenvalue weighted by Gasteiger charge is 2.33. The van der Waals surface area contributed by atoms with Crippen LogP contribution in [0.2, 0.25) is 0 Å². The standard InChI is InChI=1S/C10H17NO2/c1-6-10(5,7-2)11(8(3)4)9(12)13/h1,8H,7H2,2-5H3,(H,12,13). The first-order chi connectivity index (χ1) is 5.89. The topological polar surface area (TPSA) is 40.5 Å². The summed E-state index contributed by atoms with van der Waals surface area (Å²) in [6.07, 6.45) is 5.00. The Morgan fingerprint density at radius 3 is 2.23 bits per heavy atom. The molecule has 13 heavy (non-hydrogen) atoms. The Labute approximate surface area is 79.7 Å². The molecule has 0 fully saturated rings. The monoisotopic (exact) mass is 183 g/mol. The lowest BCUT2D eigenvalue weighted by Crippen LogP contribution is -2.51. The van der Waals surface area contributed by atoms with Crippen molar-refractivity contribution in [1.29, 1.82) is 0 Å². The molecule has 0 aliphatic carbocycles. The molecule has 0 spiro atoms. The fraction of sp³-hybridized carbons (Fsp3) is 0.700. The summed E-state index contributed by atoms with van der Waals surface area (Å²) < 4.78 is 0. The second kappa shape index (κ2) is 4.18. The normalized spacial score (nSPS) is 14.8. The van der Waals surface area contributed by atoms with Gasteiger partial charge >= 0.3 is 6.09 Å². The predicted molar refractivity (Wildman–Crippen MR) is 52.5 cm³/mol. The number of nitrogens with zero attached hydrogens (tertiary/aromatic N) is 1. The first kappa shape index (κ1) is 11.8. The second-order valence-corrected chi connectivity index (χ2v) is 3.52. The van der Waals surface area contributed by atoms with Crippen molar-refractivity contribution in [2.45, 2.75) is 45.7 Å². The molecule has 3 heteroatoms. The van der Waals surface area contributed by atoms with Crippen LogP contribution in [0, 0.1) is 12.3 Å². The van der Waals surface area contributed by atoms with E-state index in [1.807, 2.05) is 20.8 Å². The highest BCUT2D eigenvalue weighted by molar-refractivity contribution is 5.67. The van der Waals surface area contributed by atoms with Crippen molar-refractivity contribution in [1.82, 2.24) is 4.90 Å². The summed E-state index contributed by atoms with van der Waals surface area (Å²) in [5.74, 6) is 2.54. The van der Waals surface area contributed by atoms with Crippen LogP contribution in [0.1, 0.15) is 34.1 Å². The van der Waals surface area contributed by atoms with E-state index in [4.69, 9.17) is 11.5 Å². The van der Waals surface area contributed by atoms with Crippen LogP contribution in [0.4, 0.5) is 4.79 Å². The van der Waals surface area contributed by atoms with Gasteiger partial charge < -0.3 is 5.11 Å². The Balaban J connectivity index is 4.94. The smallest absolute Gasteiger partial charge is 0.408 e. The SMILES string of the molecule is C#CC(C)(CC)N(C(=O)O)C(C)C. The van der Waals surface area contributed by atoms with Gasteiger partial charge in [-0.25, -0.2) is 4.79 Å². The Kier molecular flexibility index (Phi) is 3.80. The third-order valence-corrected chi connectivity index (χ3v) is 2.25. The number of hydrogen-bond acceptors (Lipinski definition) is 1. The molecule has 0 aromatic carbocycles. The summed E-state index contributed by atoms with van der Waals surface area (Å²) in [6, 6.07) is -0.0986. The number of terminal acetylenes is 1. The molecule has 0 aliphatic heterocycles. The molecule has 0 radical (unpaired) electrons. The van der Waals surface area contributed by atoms with Crippen LogP contribution in [-0.4, -0.2) is 27.7 Å². The zero-order chi connectivity index (χ0) is 10.6. The summed E-state index contributed by atoms with van der Waals surface area (Å²) in [4.78, 5) is 12.2. The Morgan fingerprint density at radius 1 is 1.69 bits per heavy atom. The molecule has 74 valence electrons. The van der Waals surface area contributed by atoms with Crippen molar-refractivity contribution >= 4 is 6.09 Å². The molecule has 0 bridgehead atoms. The van der Waals surface area contributed by atoms with Crippen LogP contribution >= 0.6 is 0 Å². The van der Waals surface area contributed by atoms with Crippen molar-refractivity contribution in [3.05, 3.63) is 0 Å². The van der Waals surface area contributed by atoms with E-state index in [1.54, 1.807) is 6.92 Å². The minimum Gasteiger partial charge on any atom is -0.465 e. The molecular weight excluding hydrogens is 166 g/mol. The minimum atomic E-state index is -0.961. The average Bonchev–Trinajstić information content (AvgIpc) is 2.02. The third kappa shape index (κ3) is 2.38. The lowest BCUT2D eigenvalue weighted by Gasteiger charge is -2.37. The van der Waals surface area contributed by atoms with E-state index < -0.39 is 11.6 Å². The van der Waals surface area contributed by atoms with Gasteiger partial charge in [-0.2, -0.15) is 0 Å². The Hall–Kier alpha value is -1.17. The van der Waals surface area contributed by atoms with Crippen molar-refractivity contribution in [3.63, 3.8) is 0 Å². The molecule has 1 unspecified atom stereocenters. The molecule has 1 amide bonds. The molecular formula is C10H17NO2. The summed E-state index contributed by atoms with van der Waals surface area (Å²) >= 11 is 0. The summed E-state index contributed by atoms with van der Waals surface area (Å²) in [5, 5.41) is 8.97. The first-order valence-electron chi connectivity index (χ1n) is 4.39. The average molecular weight is 183 g/mol. The Morgan fingerprint density at radius 2 is 2.15 bits per heavy atom. The molecule has 3 nitrogen and oxygen atoms in total. The van der Waals surface area contributed by atoms with Crippen LogP contribution < -0.4 is 0 Å². The number of rotatable bonds is 3. The van der Waals surface area contributed by atoms with Gasteiger partial charge in [-0.1, -0.05) is 12.8 Å².